The smallest absolute Gasteiger partial charge is 0.0714 e. The molecular formula is C17H20N2. The highest BCUT2D eigenvalue weighted by atomic mass is 15.4. The quantitative estimate of drug-likeness (QED) is 0.826. The average Bonchev–Trinajstić information content (AvgIpc) is 2.82. The van der Waals surface area contributed by atoms with Gasteiger partial charge in [0.15, 0.2) is 0 Å². The van der Waals surface area contributed by atoms with E-state index in [1.807, 2.05) is 0 Å². The summed E-state index contributed by atoms with van der Waals surface area (Å²) in [6.07, 6.45) is 0. The molecule has 0 amide bonds. The summed E-state index contributed by atoms with van der Waals surface area (Å²) < 4.78 is 0. The number of nitrogens with zero attached hydrogens (tertiary/aromatic N) is 2. The zero-order valence-electron chi connectivity index (χ0n) is 11.4. The lowest BCUT2D eigenvalue weighted by Gasteiger charge is -2.23. The molecule has 19 heavy (non-hydrogen) atoms. The Morgan fingerprint density at radius 2 is 1.58 bits per heavy atom. The van der Waals surface area contributed by atoms with Gasteiger partial charge in [-0.3, -0.25) is 4.90 Å². The SMILES string of the molecule is CC1CN(Cc2ccccc2)CN1c1ccccc1. The van der Waals surface area contributed by atoms with Gasteiger partial charge in [-0.25, -0.2) is 0 Å². The van der Waals surface area contributed by atoms with Crippen LogP contribution in [0.4, 0.5) is 5.69 Å². The van der Waals surface area contributed by atoms with Gasteiger partial charge in [-0.1, -0.05) is 48.5 Å². The Bertz CT molecular complexity index is 509. The molecule has 2 nitrogen and oxygen atoms in total. The zero-order valence-corrected chi connectivity index (χ0v) is 11.4. The van der Waals surface area contributed by atoms with Crippen molar-refractivity contribution in [2.75, 3.05) is 18.1 Å². The van der Waals surface area contributed by atoms with E-state index in [2.05, 4.69) is 77.4 Å². The Morgan fingerprint density at radius 1 is 0.947 bits per heavy atom. The topological polar surface area (TPSA) is 6.48 Å². The molecule has 0 saturated carbocycles. The fraction of sp³-hybridized carbons (Fsp3) is 0.294. The van der Waals surface area contributed by atoms with Crippen LogP contribution < -0.4 is 4.90 Å². The summed E-state index contributed by atoms with van der Waals surface area (Å²) in [5.74, 6) is 0. The standard InChI is InChI=1S/C17H20N2/c1-15-12-18(13-16-8-4-2-5-9-16)14-19(15)17-10-6-3-7-11-17/h2-11,15H,12-14H2,1H3. The summed E-state index contributed by atoms with van der Waals surface area (Å²) >= 11 is 0. The molecule has 2 heteroatoms. The van der Waals surface area contributed by atoms with Gasteiger partial charge >= 0.3 is 0 Å². The fourth-order valence-electron chi connectivity index (χ4n) is 2.80. The molecule has 0 aromatic heterocycles. The van der Waals surface area contributed by atoms with Crippen molar-refractivity contribution in [1.82, 2.24) is 4.90 Å². The molecule has 0 aliphatic carbocycles. The molecule has 3 rings (SSSR count). The highest BCUT2D eigenvalue weighted by Crippen LogP contribution is 2.23. The summed E-state index contributed by atoms with van der Waals surface area (Å²) in [4.78, 5) is 4.98. The highest BCUT2D eigenvalue weighted by Gasteiger charge is 2.26. The highest BCUT2D eigenvalue weighted by molar-refractivity contribution is 5.47. The number of benzene rings is 2. The maximum Gasteiger partial charge on any atom is 0.0714 e. The average molecular weight is 252 g/mol. The molecule has 1 unspecified atom stereocenters. The second-order valence-electron chi connectivity index (χ2n) is 5.29. The van der Waals surface area contributed by atoms with E-state index in [9.17, 15) is 0 Å². The van der Waals surface area contributed by atoms with E-state index in [1.165, 1.54) is 11.3 Å². The van der Waals surface area contributed by atoms with Crippen LogP contribution in [0.25, 0.3) is 0 Å². The zero-order chi connectivity index (χ0) is 13.1. The Balaban J connectivity index is 1.69. The first-order valence-electron chi connectivity index (χ1n) is 6.91. The van der Waals surface area contributed by atoms with Gasteiger partial charge in [0.2, 0.25) is 0 Å². The molecule has 0 radical (unpaired) electrons. The van der Waals surface area contributed by atoms with Crippen LogP contribution in [0.3, 0.4) is 0 Å². The molecule has 98 valence electrons. The van der Waals surface area contributed by atoms with Crippen molar-refractivity contribution < 1.29 is 0 Å². The van der Waals surface area contributed by atoms with Gasteiger partial charge in [-0.2, -0.15) is 0 Å². The third-order valence-corrected chi connectivity index (χ3v) is 3.74. The lowest BCUT2D eigenvalue weighted by molar-refractivity contribution is 0.328. The predicted octanol–water partition coefficient (Wildman–Crippen LogP) is 3.35. The van der Waals surface area contributed by atoms with Gasteiger partial charge in [0.25, 0.3) is 0 Å². The molecular weight excluding hydrogens is 232 g/mol. The number of anilines is 1. The van der Waals surface area contributed by atoms with E-state index in [0.29, 0.717) is 6.04 Å². The van der Waals surface area contributed by atoms with Crippen molar-refractivity contribution in [3.05, 3.63) is 66.2 Å². The summed E-state index contributed by atoms with van der Waals surface area (Å²) in [5, 5.41) is 0. The first-order valence-corrected chi connectivity index (χ1v) is 6.91. The van der Waals surface area contributed by atoms with Gasteiger partial charge in [0.1, 0.15) is 0 Å². The van der Waals surface area contributed by atoms with Crippen LogP contribution in [0.5, 0.6) is 0 Å². The van der Waals surface area contributed by atoms with Crippen molar-refractivity contribution >= 4 is 5.69 Å². The Morgan fingerprint density at radius 3 is 2.26 bits per heavy atom. The van der Waals surface area contributed by atoms with Gasteiger partial charge in [0.05, 0.1) is 6.67 Å². The minimum atomic E-state index is 0.575. The lowest BCUT2D eigenvalue weighted by atomic mass is 10.2. The number of rotatable bonds is 3. The van der Waals surface area contributed by atoms with Crippen LogP contribution >= 0.6 is 0 Å². The molecule has 1 saturated heterocycles. The summed E-state index contributed by atoms with van der Waals surface area (Å²) in [7, 11) is 0. The third-order valence-electron chi connectivity index (χ3n) is 3.74. The van der Waals surface area contributed by atoms with Crippen molar-refractivity contribution in [2.24, 2.45) is 0 Å². The summed E-state index contributed by atoms with van der Waals surface area (Å²) in [6, 6.07) is 22.0. The van der Waals surface area contributed by atoms with Crippen LogP contribution in [-0.4, -0.2) is 24.2 Å². The predicted molar refractivity (Wildman–Crippen MR) is 80.1 cm³/mol. The lowest BCUT2D eigenvalue weighted by Crippen LogP contribution is -2.28. The van der Waals surface area contributed by atoms with E-state index in [4.69, 9.17) is 0 Å². The molecule has 1 aliphatic heterocycles. The van der Waals surface area contributed by atoms with E-state index < -0.39 is 0 Å². The Kier molecular flexibility index (Phi) is 3.51. The van der Waals surface area contributed by atoms with Crippen LogP contribution in [-0.2, 0) is 6.54 Å². The second kappa shape index (κ2) is 5.45. The molecule has 1 fully saturated rings. The van der Waals surface area contributed by atoms with Crippen LogP contribution in [0, 0.1) is 0 Å². The summed E-state index contributed by atoms with van der Waals surface area (Å²) in [6.45, 7) is 5.48. The minimum absolute atomic E-state index is 0.575. The second-order valence-corrected chi connectivity index (χ2v) is 5.29. The van der Waals surface area contributed by atoms with Gasteiger partial charge in [-0.15, -0.1) is 0 Å². The number of hydrogen-bond donors (Lipinski definition) is 0. The monoisotopic (exact) mass is 252 g/mol. The van der Waals surface area contributed by atoms with Crippen LogP contribution in [0.15, 0.2) is 60.7 Å². The van der Waals surface area contributed by atoms with Crippen LogP contribution in [0.2, 0.25) is 0 Å². The van der Waals surface area contributed by atoms with Crippen molar-refractivity contribution in [3.63, 3.8) is 0 Å². The first-order chi connectivity index (χ1) is 9.33. The Hall–Kier alpha value is -1.80. The van der Waals surface area contributed by atoms with Gasteiger partial charge in [0, 0.05) is 24.8 Å². The molecule has 2 aromatic carbocycles. The molecule has 1 heterocycles. The molecule has 2 aromatic rings. The third kappa shape index (κ3) is 2.79. The van der Waals surface area contributed by atoms with E-state index >= 15 is 0 Å². The van der Waals surface area contributed by atoms with E-state index in [0.717, 1.165) is 19.8 Å². The Labute approximate surface area is 115 Å². The van der Waals surface area contributed by atoms with Crippen molar-refractivity contribution in [2.45, 2.75) is 19.5 Å². The normalized spacial score (nSPS) is 19.8. The van der Waals surface area contributed by atoms with Gasteiger partial charge < -0.3 is 4.90 Å². The van der Waals surface area contributed by atoms with Crippen molar-refractivity contribution in [1.29, 1.82) is 0 Å². The molecule has 0 spiro atoms. The van der Waals surface area contributed by atoms with Crippen molar-refractivity contribution in [3.8, 4) is 0 Å². The maximum atomic E-state index is 2.51. The molecule has 1 atom stereocenters. The minimum Gasteiger partial charge on any atom is -0.355 e. The summed E-state index contributed by atoms with van der Waals surface area (Å²) in [5.41, 5.74) is 2.72. The van der Waals surface area contributed by atoms with E-state index in [1.54, 1.807) is 0 Å². The van der Waals surface area contributed by atoms with Crippen LogP contribution in [0.1, 0.15) is 12.5 Å². The number of para-hydroxylation sites is 1. The van der Waals surface area contributed by atoms with E-state index in [-0.39, 0.29) is 0 Å². The fourth-order valence-corrected chi connectivity index (χ4v) is 2.80. The molecule has 0 N–H and O–H groups in total. The number of hydrogen-bond acceptors (Lipinski definition) is 2. The van der Waals surface area contributed by atoms with Gasteiger partial charge in [-0.05, 0) is 24.6 Å². The first kappa shape index (κ1) is 12.2. The maximum absolute atomic E-state index is 2.51. The largest absolute Gasteiger partial charge is 0.355 e. The molecule has 1 aliphatic rings. The molecule has 0 bridgehead atoms.